The summed E-state index contributed by atoms with van der Waals surface area (Å²) in [4.78, 5) is 59.2. The van der Waals surface area contributed by atoms with Crippen LogP contribution in [0.1, 0.15) is 54.4 Å². The zero-order valence-electron chi connectivity index (χ0n) is 19.7. The van der Waals surface area contributed by atoms with E-state index in [1.807, 2.05) is 6.92 Å². The van der Waals surface area contributed by atoms with E-state index in [-0.39, 0.29) is 6.61 Å². The van der Waals surface area contributed by atoms with Crippen molar-refractivity contribution in [3.05, 3.63) is 0 Å². The highest BCUT2D eigenvalue weighted by Gasteiger charge is 2.64. The number of unbranched alkanes of at least 4 members (excludes halogenated alkanes) is 1. The number of ether oxygens (including phenoxy) is 7. The van der Waals surface area contributed by atoms with Crippen molar-refractivity contribution in [1.82, 2.24) is 0 Å². The lowest BCUT2D eigenvalue weighted by atomic mass is 9.86. The molecule has 0 bridgehead atoms. The van der Waals surface area contributed by atoms with Gasteiger partial charge >= 0.3 is 29.8 Å². The minimum absolute atomic E-state index is 0.244. The van der Waals surface area contributed by atoms with Crippen LogP contribution in [0.25, 0.3) is 0 Å². The van der Waals surface area contributed by atoms with Crippen molar-refractivity contribution < 1.29 is 57.1 Å². The maximum Gasteiger partial charge on any atom is 0.305 e. The fourth-order valence-electron chi connectivity index (χ4n) is 3.28. The molecule has 1 aliphatic rings. The van der Waals surface area contributed by atoms with E-state index in [0.717, 1.165) is 41.0 Å². The zero-order chi connectivity index (χ0) is 25.2. The molecule has 12 nitrogen and oxygen atoms in total. The van der Waals surface area contributed by atoms with Crippen molar-refractivity contribution in [3.63, 3.8) is 0 Å². The largest absolute Gasteiger partial charge is 0.463 e. The third kappa shape index (κ3) is 8.61. The summed E-state index contributed by atoms with van der Waals surface area (Å²) >= 11 is 0. The van der Waals surface area contributed by atoms with Gasteiger partial charge in [0, 0.05) is 41.2 Å². The minimum Gasteiger partial charge on any atom is -0.463 e. The van der Waals surface area contributed by atoms with Crippen LogP contribution >= 0.6 is 0 Å². The van der Waals surface area contributed by atoms with E-state index in [0.29, 0.717) is 6.42 Å². The van der Waals surface area contributed by atoms with Gasteiger partial charge in [-0.3, -0.25) is 24.0 Å². The number of esters is 5. The van der Waals surface area contributed by atoms with Gasteiger partial charge in [-0.05, 0) is 6.42 Å². The lowest BCUT2D eigenvalue weighted by Gasteiger charge is -2.50. The Hall–Kier alpha value is -2.73. The van der Waals surface area contributed by atoms with Gasteiger partial charge in [0.1, 0.15) is 12.7 Å². The van der Waals surface area contributed by atoms with E-state index in [9.17, 15) is 24.0 Å². The Morgan fingerprint density at radius 2 is 1.42 bits per heavy atom. The van der Waals surface area contributed by atoms with Gasteiger partial charge in [0.05, 0.1) is 6.61 Å². The second-order valence-electron chi connectivity index (χ2n) is 7.48. The van der Waals surface area contributed by atoms with Crippen LogP contribution in [0, 0.1) is 0 Å². The summed E-state index contributed by atoms with van der Waals surface area (Å²) < 4.78 is 38.0. The smallest absolute Gasteiger partial charge is 0.305 e. The van der Waals surface area contributed by atoms with Gasteiger partial charge in [-0.25, -0.2) is 0 Å². The molecule has 0 aromatic rings. The Morgan fingerprint density at radius 3 is 1.91 bits per heavy atom. The summed E-state index contributed by atoms with van der Waals surface area (Å²) in [6.45, 7) is 6.88. The highest BCUT2D eigenvalue weighted by molar-refractivity contribution is 5.70. The molecule has 12 heteroatoms. The lowest BCUT2D eigenvalue weighted by molar-refractivity contribution is -0.344. The van der Waals surface area contributed by atoms with E-state index in [2.05, 4.69) is 0 Å². The molecule has 33 heavy (non-hydrogen) atoms. The molecular formula is C21H32O12. The van der Waals surface area contributed by atoms with Gasteiger partial charge in [0.2, 0.25) is 11.9 Å². The molecular weight excluding hydrogens is 444 g/mol. The lowest BCUT2D eigenvalue weighted by Crippen LogP contribution is -2.72. The van der Waals surface area contributed by atoms with Gasteiger partial charge in [-0.2, -0.15) is 0 Å². The number of carbonyl (C=O) groups excluding carboxylic acids is 5. The molecule has 0 aromatic carbocycles. The second-order valence-corrected chi connectivity index (χ2v) is 7.48. The van der Waals surface area contributed by atoms with Crippen LogP contribution in [-0.4, -0.2) is 79.9 Å². The Balaban J connectivity index is 3.60. The third-order valence-corrected chi connectivity index (χ3v) is 4.47. The standard InChI is InChI=1S/C21H32O12/c1-7-8-9-27-11-21(33-16(6)26)19(30-14(4)24)18(29-13(3)23)17(10-28-12(2)22)32-20(21)31-15(5)25/h17-20H,7-11H2,1-6H3/t17-,18-,19+,20?,21+/m1/s1. The van der Waals surface area contributed by atoms with Crippen LogP contribution in [0.2, 0.25) is 0 Å². The molecule has 0 saturated carbocycles. The molecule has 0 radical (unpaired) electrons. The molecule has 0 amide bonds. The SMILES string of the molecule is CCCCOC[C@@]1(OC(C)=O)C(OC(C)=O)O[C@H](COC(C)=O)[C@@H](OC(C)=O)[C@@H]1OC(C)=O. The minimum atomic E-state index is -2.02. The Morgan fingerprint density at radius 1 is 0.818 bits per heavy atom. The third-order valence-electron chi connectivity index (χ3n) is 4.47. The van der Waals surface area contributed by atoms with E-state index in [1.54, 1.807) is 0 Å². The molecule has 0 aliphatic carbocycles. The fourth-order valence-corrected chi connectivity index (χ4v) is 3.28. The highest BCUT2D eigenvalue weighted by atomic mass is 16.8. The molecule has 1 aliphatic heterocycles. The van der Waals surface area contributed by atoms with Crippen LogP contribution in [0.15, 0.2) is 0 Å². The normalized spacial score (nSPS) is 26.6. The first-order chi connectivity index (χ1) is 15.4. The summed E-state index contributed by atoms with van der Waals surface area (Å²) in [6.07, 6.45) is -4.33. The molecule has 0 spiro atoms. The molecule has 1 fully saturated rings. The van der Waals surface area contributed by atoms with Crippen LogP contribution in [0.5, 0.6) is 0 Å². The number of hydrogen-bond acceptors (Lipinski definition) is 12. The van der Waals surface area contributed by atoms with Crippen molar-refractivity contribution in [2.24, 2.45) is 0 Å². The highest BCUT2D eigenvalue weighted by Crippen LogP contribution is 2.38. The molecule has 1 rings (SSSR count). The Kier molecular flexibility index (Phi) is 11.2. The second kappa shape index (κ2) is 13.1. The number of hydrogen-bond donors (Lipinski definition) is 0. The fraction of sp³-hybridized carbons (Fsp3) is 0.762. The first-order valence-electron chi connectivity index (χ1n) is 10.5. The van der Waals surface area contributed by atoms with E-state index in [1.165, 1.54) is 0 Å². The van der Waals surface area contributed by atoms with Gasteiger partial charge in [-0.1, -0.05) is 13.3 Å². The van der Waals surface area contributed by atoms with Gasteiger partial charge in [0.25, 0.3) is 0 Å². The van der Waals surface area contributed by atoms with E-state index in [4.69, 9.17) is 33.2 Å². The Bertz CT molecular complexity index is 720. The average molecular weight is 476 g/mol. The number of carbonyl (C=O) groups is 5. The summed E-state index contributed by atoms with van der Waals surface area (Å²) in [7, 11) is 0. The van der Waals surface area contributed by atoms with Crippen LogP contribution in [0.4, 0.5) is 0 Å². The van der Waals surface area contributed by atoms with Gasteiger partial charge in [-0.15, -0.1) is 0 Å². The van der Waals surface area contributed by atoms with Gasteiger partial charge < -0.3 is 33.2 Å². The van der Waals surface area contributed by atoms with Crippen LogP contribution in [0.3, 0.4) is 0 Å². The molecule has 1 saturated heterocycles. The summed E-state index contributed by atoms with van der Waals surface area (Å²) in [5.41, 5.74) is -2.02. The van der Waals surface area contributed by atoms with Crippen molar-refractivity contribution >= 4 is 29.8 Å². The summed E-state index contributed by atoms with van der Waals surface area (Å²) in [5.74, 6) is -3.87. The molecule has 0 N–H and O–H groups in total. The zero-order valence-corrected chi connectivity index (χ0v) is 19.7. The predicted molar refractivity (Wildman–Crippen MR) is 108 cm³/mol. The van der Waals surface area contributed by atoms with Crippen LogP contribution in [-0.2, 0) is 57.1 Å². The summed E-state index contributed by atoms with van der Waals surface area (Å²) in [6, 6.07) is 0. The quantitative estimate of drug-likeness (QED) is 0.236. The number of rotatable bonds is 11. The maximum atomic E-state index is 12.1. The topological polar surface area (TPSA) is 150 Å². The maximum absolute atomic E-state index is 12.1. The van der Waals surface area contributed by atoms with E-state index >= 15 is 0 Å². The van der Waals surface area contributed by atoms with Crippen molar-refractivity contribution in [3.8, 4) is 0 Å². The average Bonchev–Trinajstić information content (AvgIpc) is 2.67. The predicted octanol–water partition coefficient (Wildman–Crippen LogP) is 0.820. The van der Waals surface area contributed by atoms with Gasteiger partial charge in [0.15, 0.2) is 12.2 Å². The van der Waals surface area contributed by atoms with Crippen molar-refractivity contribution in [1.29, 1.82) is 0 Å². The molecule has 188 valence electrons. The van der Waals surface area contributed by atoms with Crippen molar-refractivity contribution in [2.45, 2.75) is 84.6 Å². The monoisotopic (exact) mass is 476 g/mol. The van der Waals surface area contributed by atoms with Crippen LogP contribution < -0.4 is 0 Å². The molecule has 0 aromatic heterocycles. The first kappa shape index (κ1) is 28.3. The molecule has 1 heterocycles. The summed E-state index contributed by atoms with van der Waals surface area (Å²) in [5, 5.41) is 0. The van der Waals surface area contributed by atoms with E-state index < -0.39 is 73.3 Å². The van der Waals surface area contributed by atoms with Crippen molar-refractivity contribution in [2.75, 3.05) is 19.8 Å². The molecule has 1 unspecified atom stereocenters. The molecule has 5 atom stereocenters. The Labute approximate surface area is 192 Å². The first-order valence-corrected chi connectivity index (χ1v) is 10.5.